The zero-order valence-electron chi connectivity index (χ0n) is 37.9. The van der Waals surface area contributed by atoms with Gasteiger partial charge >= 0.3 is 0 Å². The predicted molar refractivity (Wildman–Crippen MR) is 282 cm³/mol. The molecule has 3 aromatic heterocycles. The molecule has 0 aliphatic rings. The second kappa shape index (κ2) is 18.1. The lowest BCUT2D eigenvalue weighted by Gasteiger charge is -2.16. The fraction of sp³-hybridized carbons (Fsp3) is 0. The third-order valence-electron chi connectivity index (χ3n) is 12.6. The minimum Gasteiger partial charge on any atom is -0.308 e. The Labute approximate surface area is 409 Å². The van der Waals surface area contributed by atoms with Gasteiger partial charge in [-0.15, -0.1) is 0 Å². The van der Waals surface area contributed by atoms with E-state index in [1.807, 2.05) is 170 Å². The molecule has 9 aromatic carbocycles. The molecule has 330 valence electrons. The zero-order chi connectivity index (χ0) is 47.7. The topological polar surface area (TPSA) is 110 Å². The van der Waals surface area contributed by atoms with E-state index in [4.69, 9.17) is 36.5 Å². The number of hydrogen-bond donors (Lipinski definition) is 0. The second-order valence-electron chi connectivity index (χ2n) is 17.0. The van der Waals surface area contributed by atoms with Gasteiger partial charge in [-0.2, -0.15) is 5.26 Å². The number of benzene rings is 9. The van der Waals surface area contributed by atoms with Crippen LogP contribution in [0.3, 0.4) is 0 Å². The van der Waals surface area contributed by atoms with E-state index in [9.17, 15) is 5.26 Å². The minimum atomic E-state index is 0.468. The molecule has 0 saturated heterocycles. The quantitative estimate of drug-likeness (QED) is 0.133. The Bertz CT molecular complexity index is 3800. The summed E-state index contributed by atoms with van der Waals surface area (Å²) in [5.41, 5.74) is 12.9. The lowest BCUT2D eigenvalue weighted by molar-refractivity contribution is 1.06. The van der Waals surface area contributed by atoms with Crippen molar-refractivity contribution in [3.63, 3.8) is 0 Å². The third-order valence-corrected chi connectivity index (χ3v) is 12.6. The Morgan fingerprint density at radius 1 is 0.352 bits per heavy atom. The van der Waals surface area contributed by atoms with Crippen LogP contribution in [0.5, 0.6) is 0 Å². The summed E-state index contributed by atoms with van der Waals surface area (Å²) in [5.74, 6) is 3.14. The maximum Gasteiger partial charge on any atom is 0.187 e. The minimum absolute atomic E-state index is 0.468. The average molecular weight is 908 g/mol. The van der Waals surface area contributed by atoms with Gasteiger partial charge in [-0.05, 0) is 76.9 Å². The summed E-state index contributed by atoms with van der Waals surface area (Å²) < 4.78 is 2.28. The first-order chi connectivity index (χ1) is 35.1. The summed E-state index contributed by atoms with van der Waals surface area (Å²) in [7, 11) is 0. The average Bonchev–Trinajstić information content (AvgIpc) is 3.78. The van der Waals surface area contributed by atoms with Crippen LogP contribution in [-0.4, -0.2) is 34.5 Å². The lowest BCUT2D eigenvalue weighted by Crippen LogP contribution is -2.05. The molecule has 0 bridgehead atoms. The summed E-state index contributed by atoms with van der Waals surface area (Å²) >= 11 is 0. The number of aromatic nitrogens is 7. The van der Waals surface area contributed by atoms with E-state index in [0.29, 0.717) is 46.2 Å². The molecule has 0 aliphatic heterocycles. The van der Waals surface area contributed by atoms with E-state index >= 15 is 0 Å². The molecule has 9 nitrogen and oxygen atoms in total. The van der Waals surface area contributed by atoms with Gasteiger partial charge in [0.25, 0.3) is 0 Å². The molecule has 0 unspecified atom stereocenters. The Morgan fingerprint density at radius 3 is 1.13 bits per heavy atom. The molecule has 0 aliphatic carbocycles. The molecule has 0 spiro atoms. The molecule has 0 N–H and O–H groups in total. The number of fused-ring (bicyclic) bond motifs is 3. The Kier molecular flexibility index (Phi) is 10.8. The number of nitriles is 1. The van der Waals surface area contributed by atoms with Crippen LogP contribution in [0.25, 0.3) is 123 Å². The highest BCUT2D eigenvalue weighted by Crippen LogP contribution is 2.41. The van der Waals surface area contributed by atoms with Crippen LogP contribution in [0.2, 0.25) is 0 Å². The molecule has 12 rings (SSSR count). The number of nitrogens with zero attached hydrogens (tertiary/aromatic N) is 9. The van der Waals surface area contributed by atoms with Gasteiger partial charge in [-0.3, -0.25) is 0 Å². The molecular formula is C62H37N9. The third kappa shape index (κ3) is 8.12. The summed E-state index contributed by atoms with van der Waals surface area (Å²) in [4.78, 5) is 34.6. The Morgan fingerprint density at radius 2 is 0.718 bits per heavy atom. The highest BCUT2D eigenvalue weighted by Gasteiger charge is 2.23. The van der Waals surface area contributed by atoms with Gasteiger partial charge in [0.1, 0.15) is 0 Å². The molecule has 12 aromatic rings. The van der Waals surface area contributed by atoms with E-state index < -0.39 is 0 Å². The van der Waals surface area contributed by atoms with Crippen molar-refractivity contribution in [3.8, 4) is 102 Å². The number of rotatable bonds is 9. The molecule has 71 heavy (non-hydrogen) atoms. The summed E-state index contributed by atoms with van der Waals surface area (Å²) in [5, 5.41) is 11.6. The smallest absolute Gasteiger partial charge is 0.187 e. The first kappa shape index (κ1) is 42.2. The van der Waals surface area contributed by atoms with Crippen molar-refractivity contribution >= 4 is 27.5 Å². The summed E-state index contributed by atoms with van der Waals surface area (Å²) in [6.07, 6.45) is 0. The van der Waals surface area contributed by atoms with Gasteiger partial charge in [0, 0.05) is 44.2 Å². The highest BCUT2D eigenvalue weighted by atomic mass is 15.1. The van der Waals surface area contributed by atoms with Crippen LogP contribution in [0.15, 0.2) is 224 Å². The normalized spacial score (nSPS) is 11.1. The lowest BCUT2D eigenvalue weighted by atomic mass is 9.99. The molecule has 3 heterocycles. The predicted octanol–water partition coefficient (Wildman–Crippen LogP) is 14.9. The van der Waals surface area contributed by atoms with Crippen molar-refractivity contribution < 1.29 is 0 Å². The monoisotopic (exact) mass is 907 g/mol. The molecule has 9 heteroatoms. The van der Waals surface area contributed by atoms with E-state index in [2.05, 4.69) is 70.1 Å². The standard InChI is InChI=1S/C62H37N9/c1-64-50-31-26-42(27-32-50)48-29-34-55-52(37-48)51-36-47(41-24-22-40(39-63)23-25-41)28-33-54(51)71(55)56-35-30-49(61-67-57(43-14-6-2-7-15-43)65-58(68-61)44-16-8-3-9-17-44)38-53(56)62-69-59(45-18-10-4-11-19-45)66-60(70-62)46-20-12-5-13-21-46/h2-38H. The van der Waals surface area contributed by atoms with Crippen LogP contribution in [0, 0.1) is 17.9 Å². The van der Waals surface area contributed by atoms with Crippen molar-refractivity contribution in [1.29, 1.82) is 5.26 Å². The van der Waals surface area contributed by atoms with Crippen molar-refractivity contribution in [2.24, 2.45) is 0 Å². The van der Waals surface area contributed by atoms with Gasteiger partial charge in [0.15, 0.2) is 40.6 Å². The molecular weight excluding hydrogens is 871 g/mol. The fourth-order valence-electron chi connectivity index (χ4n) is 9.02. The summed E-state index contributed by atoms with van der Waals surface area (Å²) in [6.45, 7) is 7.54. The second-order valence-corrected chi connectivity index (χ2v) is 17.0. The van der Waals surface area contributed by atoms with Crippen LogP contribution >= 0.6 is 0 Å². The molecule has 0 amide bonds. The Hall–Kier alpha value is -10.2. The van der Waals surface area contributed by atoms with E-state index in [-0.39, 0.29) is 0 Å². The van der Waals surface area contributed by atoms with Gasteiger partial charge in [0.2, 0.25) is 0 Å². The van der Waals surface area contributed by atoms with Gasteiger partial charge < -0.3 is 4.57 Å². The van der Waals surface area contributed by atoms with Crippen molar-refractivity contribution in [2.45, 2.75) is 0 Å². The van der Waals surface area contributed by atoms with Crippen LogP contribution < -0.4 is 0 Å². The van der Waals surface area contributed by atoms with Crippen molar-refractivity contribution in [2.75, 3.05) is 0 Å². The van der Waals surface area contributed by atoms with Gasteiger partial charge in [-0.1, -0.05) is 170 Å². The first-order valence-corrected chi connectivity index (χ1v) is 23.0. The van der Waals surface area contributed by atoms with Crippen LogP contribution in [0.4, 0.5) is 5.69 Å². The first-order valence-electron chi connectivity index (χ1n) is 23.0. The molecule has 0 fully saturated rings. The van der Waals surface area contributed by atoms with Gasteiger partial charge in [0.05, 0.1) is 34.9 Å². The largest absolute Gasteiger partial charge is 0.308 e. The van der Waals surface area contributed by atoms with Crippen molar-refractivity contribution in [3.05, 3.63) is 241 Å². The number of hydrogen-bond acceptors (Lipinski definition) is 7. The zero-order valence-corrected chi connectivity index (χ0v) is 37.9. The van der Waals surface area contributed by atoms with Crippen molar-refractivity contribution in [1.82, 2.24) is 34.5 Å². The maximum atomic E-state index is 9.58. The SMILES string of the molecule is [C-]#[N+]c1ccc(-c2ccc3c(c2)c2cc(-c4ccc(C#N)cc4)ccc2n3-c2ccc(-c3nc(-c4ccccc4)nc(-c4ccccc4)n3)cc2-c2nc(-c3ccccc3)nc(-c3ccccc3)n2)cc1. The van der Waals surface area contributed by atoms with E-state index in [1.54, 1.807) is 0 Å². The highest BCUT2D eigenvalue weighted by molar-refractivity contribution is 6.12. The maximum absolute atomic E-state index is 9.58. The van der Waals surface area contributed by atoms with E-state index in [0.717, 1.165) is 83.1 Å². The molecule has 0 atom stereocenters. The van der Waals surface area contributed by atoms with E-state index in [1.165, 1.54) is 0 Å². The summed E-state index contributed by atoms with van der Waals surface area (Å²) in [6, 6.07) is 76.8. The Balaban J connectivity index is 1.14. The van der Waals surface area contributed by atoms with Gasteiger partial charge in [-0.25, -0.2) is 34.7 Å². The molecule has 0 radical (unpaired) electrons. The molecule has 0 saturated carbocycles. The van der Waals surface area contributed by atoms with Crippen LogP contribution in [0.1, 0.15) is 5.56 Å². The fourth-order valence-corrected chi connectivity index (χ4v) is 9.02. The van der Waals surface area contributed by atoms with Crippen LogP contribution in [-0.2, 0) is 0 Å².